The fraction of sp³-hybridized carbons (Fsp3) is 0.412. The lowest BCUT2D eigenvalue weighted by atomic mass is 9.92. The zero-order valence-electron chi connectivity index (χ0n) is 13.2. The lowest BCUT2D eigenvalue weighted by molar-refractivity contribution is 0.210. The Balaban J connectivity index is 1.74. The van der Waals surface area contributed by atoms with Crippen molar-refractivity contribution in [3.63, 3.8) is 0 Å². The Labute approximate surface area is 130 Å². The molecule has 0 N–H and O–H groups in total. The third-order valence-electron chi connectivity index (χ3n) is 3.88. The van der Waals surface area contributed by atoms with Crippen LogP contribution in [0.3, 0.4) is 0 Å². The minimum atomic E-state index is 0.409. The summed E-state index contributed by atoms with van der Waals surface area (Å²) in [6.45, 7) is 0.682. The third kappa shape index (κ3) is 2.98. The first kappa shape index (κ1) is 14.6. The molecule has 0 aliphatic carbocycles. The molecule has 1 aromatic carbocycles. The summed E-state index contributed by atoms with van der Waals surface area (Å²) in [5.74, 6) is 2.99. The predicted octanol–water partition coefficient (Wildman–Crippen LogP) is 2.35. The van der Waals surface area contributed by atoms with Crippen molar-refractivity contribution in [2.24, 2.45) is 5.92 Å². The predicted molar refractivity (Wildman–Crippen MR) is 85.7 cm³/mol. The molecule has 22 heavy (non-hydrogen) atoms. The van der Waals surface area contributed by atoms with Gasteiger partial charge in [0.2, 0.25) is 0 Å². The number of benzene rings is 1. The molecule has 0 saturated carbocycles. The Kier molecular flexibility index (Phi) is 4.13. The van der Waals surface area contributed by atoms with Crippen molar-refractivity contribution in [3.05, 3.63) is 41.9 Å². The first-order chi connectivity index (χ1) is 10.7. The second kappa shape index (κ2) is 6.22. The van der Waals surface area contributed by atoms with E-state index < -0.39 is 0 Å². The number of anilines is 1. The minimum Gasteiger partial charge on any atom is -0.493 e. The average molecular weight is 299 g/mol. The van der Waals surface area contributed by atoms with Gasteiger partial charge in [0, 0.05) is 26.2 Å². The molecule has 0 fully saturated rings. The molecule has 1 aliphatic rings. The molecule has 1 aromatic heterocycles. The molecular weight excluding hydrogens is 278 g/mol. The van der Waals surface area contributed by atoms with Crippen LogP contribution in [-0.4, -0.2) is 37.8 Å². The lowest BCUT2D eigenvalue weighted by Crippen LogP contribution is -2.24. The summed E-state index contributed by atoms with van der Waals surface area (Å²) in [5, 5.41) is 0. The highest BCUT2D eigenvalue weighted by Crippen LogP contribution is 2.36. The van der Waals surface area contributed by atoms with Crippen LogP contribution in [0, 0.1) is 5.92 Å². The fourth-order valence-corrected chi connectivity index (χ4v) is 2.75. The van der Waals surface area contributed by atoms with Crippen molar-refractivity contribution in [3.8, 4) is 11.5 Å². The van der Waals surface area contributed by atoms with Gasteiger partial charge in [-0.25, -0.2) is 4.98 Å². The van der Waals surface area contributed by atoms with Crippen molar-refractivity contribution in [1.82, 2.24) is 9.97 Å². The van der Waals surface area contributed by atoms with Gasteiger partial charge in [0.25, 0.3) is 0 Å². The van der Waals surface area contributed by atoms with E-state index >= 15 is 0 Å². The van der Waals surface area contributed by atoms with Gasteiger partial charge in [-0.3, -0.25) is 4.98 Å². The summed E-state index contributed by atoms with van der Waals surface area (Å²) in [5.41, 5.74) is 2.21. The van der Waals surface area contributed by atoms with Crippen molar-refractivity contribution >= 4 is 5.82 Å². The Morgan fingerprint density at radius 3 is 2.95 bits per heavy atom. The maximum Gasteiger partial charge on any atom is 0.164 e. The number of rotatable bonds is 4. The van der Waals surface area contributed by atoms with Gasteiger partial charge in [-0.05, 0) is 24.5 Å². The number of fused-ring (bicyclic) bond motifs is 1. The quantitative estimate of drug-likeness (QED) is 0.867. The van der Waals surface area contributed by atoms with Gasteiger partial charge in [-0.2, -0.15) is 0 Å². The second-order valence-corrected chi connectivity index (χ2v) is 5.80. The average Bonchev–Trinajstić information content (AvgIpc) is 2.54. The fourth-order valence-electron chi connectivity index (χ4n) is 2.75. The molecule has 0 amide bonds. The summed E-state index contributed by atoms with van der Waals surface area (Å²) < 4.78 is 11.3. The van der Waals surface area contributed by atoms with Crippen molar-refractivity contribution < 1.29 is 9.47 Å². The summed E-state index contributed by atoms with van der Waals surface area (Å²) >= 11 is 0. The largest absolute Gasteiger partial charge is 0.493 e. The molecule has 0 saturated heterocycles. The molecule has 2 aromatic rings. The molecule has 0 spiro atoms. The number of methoxy groups -OCH3 is 1. The van der Waals surface area contributed by atoms with Crippen molar-refractivity contribution in [2.75, 3.05) is 32.7 Å². The Morgan fingerprint density at radius 2 is 2.18 bits per heavy atom. The van der Waals surface area contributed by atoms with Gasteiger partial charge in [0.15, 0.2) is 11.5 Å². The zero-order valence-corrected chi connectivity index (χ0v) is 13.2. The lowest BCUT2D eigenvalue weighted by Gasteiger charge is -2.26. The molecule has 2 heterocycles. The van der Waals surface area contributed by atoms with Gasteiger partial charge < -0.3 is 14.4 Å². The monoisotopic (exact) mass is 299 g/mol. The highest BCUT2D eigenvalue weighted by atomic mass is 16.5. The Bertz CT molecular complexity index is 658. The Hall–Kier alpha value is -2.30. The summed E-state index contributed by atoms with van der Waals surface area (Å²) in [7, 11) is 5.62. The zero-order chi connectivity index (χ0) is 15.5. The van der Waals surface area contributed by atoms with E-state index in [1.165, 1.54) is 5.56 Å². The van der Waals surface area contributed by atoms with Crippen molar-refractivity contribution in [1.29, 1.82) is 0 Å². The van der Waals surface area contributed by atoms with Crippen molar-refractivity contribution in [2.45, 2.75) is 12.8 Å². The normalized spacial score (nSPS) is 16.6. The highest BCUT2D eigenvalue weighted by molar-refractivity contribution is 5.47. The van der Waals surface area contributed by atoms with Gasteiger partial charge in [0.05, 0.1) is 25.6 Å². The summed E-state index contributed by atoms with van der Waals surface area (Å²) in [6, 6.07) is 6.05. The molecule has 1 aliphatic heterocycles. The van der Waals surface area contributed by atoms with Crippen LogP contribution in [0.5, 0.6) is 11.5 Å². The number of ether oxygens (including phenoxy) is 2. The standard InChI is InChI=1S/C17H21N3O2/c1-20(2)16-10-18-9-14(19-16)8-12-7-13-5-4-6-15(21-3)17(13)22-11-12/h4-6,9-10,12H,7-8,11H2,1-3H3/t12-/m0/s1. The SMILES string of the molecule is COc1cccc2c1OC[C@H](Cc1cncc(N(C)C)n1)C2. The smallest absolute Gasteiger partial charge is 0.164 e. The summed E-state index contributed by atoms with van der Waals surface area (Å²) in [4.78, 5) is 10.9. The van der Waals surface area contributed by atoms with Gasteiger partial charge >= 0.3 is 0 Å². The number of para-hydroxylation sites is 1. The first-order valence-electron chi connectivity index (χ1n) is 7.44. The minimum absolute atomic E-state index is 0.409. The van der Waals surface area contributed by atoms with E-state index in [1.54, 1.807) is 13.3 Å². The molecule has 0 unspecified atom stereocenters. The van der Waals surface area contributed by atoms with Gasteiger partial charge in [-0.15, -0.1) is 0 Å². The number of aromatic nitrogens is 2. The molecular formula is C17H21N3O2. The maximum atomic E-state index is 5.92. The van der Waals surface area contributed by atoms with Crippen LogP contribution in [0.4, 0.5) is 5.82 Å². The topological polar surface area (TPSA) is 47.5 Å². The molecule has 0 radical (unpaired) electrons. The molecule has 5 nitrogen and oxygen atoms in total. The third-order valence-corrected chi connectivity index (χ3v) is 3.88. The number of hydrogen-bond acceptors (Lipinski definition) is 5. The van der Waals surface area contributed by atoms with E-state index in [0.29, 0.717) is 12.5 Å². The van der Waals surface area contributed by atoms with Gasteiger partial charge in [-0.1, -0.05) is 12.1 Å². The van der Waals surface area contributed by atoms with Crippen LogP contribution in [0.1, 0.15) is 11.3 Å². The molecule has 3 rings (SSSR count). The molecule has 1 atom stereocenters. The van der Waals surface area contributed by atoms with E-state index in [2.05, 4.69) is 16.0 Å². The number of hydrogen-bond donors (Lipinski definition) is 0. The van der Waals surface area contributed by atoms with E-state index in [-0.39, 0.29) is 0 Å². The van der Waals surface area contributed by atoms with Crippen LogP contribution < -0.4 is 14.4 Å². The van der Waals surface area contributed by atoms with Crippen LogP contribution >= 0.6 is 0 Å². The highest BCUT2D eigenvalue weighted by Gasteiger charge is 2.23. The summed E-state index contributed by atoms with van der Waals surface area (Å²) in [6.07, 6.45) is 5.46. The van der Waals surface area contributed by atoms with Crippen LogP contribution in [0.25, 0.3) is 0 Å². The van der Waals surface area contributed by atoms with E-state index in [1.807, 2.05) is 37.3 Å². The van der Waals surface area contributed by atoms with E-state index in [0.717, 1.165) is 35.9 Å². The van der Waals surface area contributed by atoms with E-state index in [4.69, 9.17) is 9.47 Å². The van der Waals surface area contributed by atoms with Gasteiger partial charge in [0.1, 0.15) is 5.82 Å². The molecule has 0 bridgehead atoms. The maximum absolute atomic E-state index is 5.92. The van der Waals surface area contributed by atoms with Crippen LogP contribution in [-0.2, 0) is 12.8 Å². The Morgan fingerprint density at radius 1 is 1.32 bits per heavy atom. The van der Waals surface area contributed by atoms with E-state index in [9.17, 15) is 0 Å². The number of nitrogens with zero attached hydrogens (tertiary/aromatic N) is 3. The second-order valence-electron chi connectivity index (χ2n) is 5.80. The first-order valence-corrected chi connectivity index (χ1v) is 7.44. The van der Waals surface area contributed by atoms with Crippen LogP contribution in [0.15, 0.2) is 30.6 Å². The van der Waals surface area contributed by atoms with Crippen LogP contribution in [0.2, 0.25) is 0 Å². The molecule has 116 valence electrons. The molecule has 5 heteroatoms.